The van der Waals surface area contributed by atoms with E-state index in [9.17, 15) is 27.5 Å². The van der Waals surface area contributed by atoms with Crippen LogP contribution in [-0.2, 0) is 17.4 Å². The first-order chi connectivity index (χ1) is 14.6. The lowest BCUT2D eigenvalue weighted by molar-refractivity contribution is -0.137. The second-order valence-corrected chi connectivity index (χ2v) is 7.16. The van der Waals surface area contributed by atoms with Gasteiger partial charge in [-0.3, -0.25) is 4.79 Å². The molecule has 0 radical (unpaired) electrons. The smallest absolute Gasteiger partial charge is 0.387 e. The van der Waals surface area contributed by atoms with E-state index in [1.54, 1.807) is 13.8 Å². The monoisotopic (exact) mass is 435 g/mol. The molecule has 0 aliphatic carbocycles. The maximum Gasteiger partial charge on any atom is 0.416 e. The molecule has 1 atom stereocenters. The van der Waals surface area contributed by atoms with Crippen LogP contribution < -0.4 is 5.32 Å². The molecule has 0 fully saturated rings. The van der Waals surface area contributed by atoms with E-state index in [0.717, 1.165) is 12.1 Å². The number of hydrogen-bond donors (Lipinski definition) is 2. The highest BCUT2D eigenvalue weighted by Crippen LogP contribution is 2.31. The number of hydrogen-bond acceptors (Lipinski definition) is 3. The van der Waals surface area contributed by atoms with E-state index in [4.69, 9.17) is 0 Å². The van der Waals surface area contributed by atoms with E-state index < -0.39 is 23.7 Å². The van der Waals surface area contributed by atoms with E-state index in [0.29, 0.717) is 22.5 Å². The summed E-state index contributed by atoms with van der Waals surface area (Å²) in [6.07, 6.45) is -5.52. The van der Waals surface area contributed by atoms with Crippen LogP contribution >= 0.6 is 0 Å². The second kappa shape index (κ2) is 8.89. The zero-order valence-electron chi connectivity index (χ0n) is 16.9. The fraction of sp³-hybridized carbons (Fsp3) is 0.273. The number of halogens is 4. The number of aliphatic hydroxyl groups is 1. The molecular weight excluding hydrogens is 414 g/mol. The van der Waals surface area contributed by atoms with Crippen LogP contribution in [0.4, 0.5) is 17.6 Å². The summed E-state index contributed by atoms with van der Waals surface area (Å²) < 4.78 is 53.4. The number of rotatable bonds is 6. The van der Waals surface area contributed by atoms with E-state index in [1.165, 1.54) is 41.1 Å². The molecule has 0 saturated carbocycles. The lowest BCUT2D eigenvalue weighted by Gasteiger charge is -2.13. The Kier molecular flexibility index (Phi) is 6.45. The van der Waals surface area contributed by atoms with Gasteiger partial charge in [0.05, 0.1) is 29.5 Å². The minimum Gasteiger partial charge on any atom is -0.387 e. The van der Waals surface area contributed by atoms with Gasteiger partial charge in [-0.1, -0.05) is 18.2 Å². The molecule has 3 aromatic rings. The summed E-state index contributed by atoms with van der Waals surface area (Å²) in [4.78, 5) is 12.4. The predicted molar refractivity (Wildman–Crippen MR) is 106 cm³/mol. The molecule has 31 heavy (non-hydrogen) atoms. The first-order valence-electron chi connectivity index (χ1n) is 9.49. The van der Waals surface area contributed by atoms with E-state index in [2.05, 4.69) is 10.4 Å². The Labute approximate surface area is 176 Å². The molecule has 1 amide bonds. The van der Waals surface area contributed by atoms with Crippen molar-refractivity contribution in [2.45, 2.75) is 32.5 Å². The van der Waals surface area contributed by atoms with Gasteiger partial charge in [-0.2, -0.15) is 18.3 Å². The summed E-state index contributed by atoms with van der Waals surface area (Å²) >= 11 is 0. The molecule has 0 bridgehead atoms. The molecule has 0 aliphatic rings. The van der Waals surface area contributed by atoms with Gasteiger partial charge in [0.2, 0.25) is 5.91 Å². The number of amides is 1. The van der Waals surface area contributed by atoms with E-state index >= 15 is 0 Å². The largest absolute Gasteiger partial charge is 0.416 e. The minimum absolute atomic E-state index is 0.0488. The van der Waals surface area contributed by atoms with Crippen molar-refractivity contribution in [2.24, 2.45) is 0 Å². The molecule has 0 aliphatic heterocycles. The highest BCUT2D eigenvalue weighted by molar-refractivity contribution is 5.79. The van der Waals surface area contributed by atoms with E-state index in [1.807, 2.05) is 0 Å². The normalized spacial score (nSPS) is 12.6. The van der Waals surface area contributed by atoms with Crippen molar-refractivity contribution in [3.8, 4) is 5.69 Å². The molecule has 0 saturated heterocycles. The fourth-order valence-electron chi connectivity index (χ4n) is 3.23. The van der Waals surface area contributed by atoms with Crippen LogP contribution in [0.25, 0.3) is 5.69 Å². The van der Waals surface area contributed by atoms with Crippen LogP contribution in [0.15, 0.2) is 48.5 Å². The van der Waals surface area contributed by atoms with Crippen LogP contribution in [0.1, 0.15) is 34.2 Å². The van der Waals surface area contributed by atoms with Crippen LogP contribution in [0.5, 0.6) is 0 Å². The zero-order chi connectivity index (χ0) is 22.8. The number of carbonyl (C=O) groups excluding carboxylic acids is 1. The van der Waals surface area contributed by atoms with Crippen LogP contribution in [-0.4, -0.2) is 27.3 Å². The van der Waals surface area contributed by atoms with Gasteiger partial charge in [0, 0.05) is 17.8 Å². The third-order valence-corrected chi connectivity index (χ3v) is 4.94. The molecule has 164 valence electrons. The Morgan fingerprint density at radius 2 is 1.84 bits per heavy atom. The predicted octanol–water partition coefficient (Wildman–Crippen LogP) is 4.04. The summed E-state index contributed by atoms with van der Waals surface area (Å²) in [5.74, 6) is -0.806. The lowest BCUT2D eigenvalue weighted by Crippen LogP contribution is -2.30. The zero-order valence-corrected chi connectivity index (χ0v) is 16.9. The van der Waals surface area contributed by atoms with Gasteiger partial charge < -0.3 is 10.4 Å². The summed E-state index contributed by atoms with van der Waals surface area (Å²) in [7, 11) is 0. The van der Waals surface area contributed by atoms with Crippen molar-refractivity contribution in [1.29, 1.82) is 0 Å². The average molecular weight is 435 g/mol. The Hall–Kier alpha value is -3.20. The highest BCUT2D eigenvalue weighted by Gasteiger charge is 2.30. The second-order valence-electron chi connectivity index (χ2n) is 7.16. The van der Waals surface area contributed by atoms with Gasteiger partial charge in [0.25, 0.3) is 0 Å². The summed E-state index contributed by atoms with van der Waals surface area (Å²) in [6.45, 7) is 3.29. The van der Waals surface area contributed by atoms with Gasteiger partial charge >= 0.3 is 6.18 Å². The maximum absolute atomic E-state index is 13.0. The van der Waals surface area contributed by atoms with Crippen molar-refractivity contribution in [3.05, 3.63) is 82.4 Å². The molecule has 2 aromatic carbocycles. The summed E-state index contributed by atoms with van der Waals surface area (Å²) in [5.41, 5.74) is 1.58. The number of benzene rings is 2. The molecule has 1 heterocycles. The molecule has 1 aromatic heterocycles. The van der Waals surface area contributed by atoms with Gasteiger partial charge in [0.15, 0.2) is 0 Å². The Morgan fingerprint density at radius 3 is 2.48 bits per heavy atom. The third kappa shape index (κ3) is 5.29. The van der Waals surface area contributed by atoms with Crippen LogP contribution in [0.3, 0.4) is 0 Å². The molecule has 2 N–H and O–H groups in total. The average Bonchev–Trinajstić information content (AvgIpc) is 3.00. The van der Waals surface area contributed by atoms with E-state index in [-0.39, 0.29) is 24.6 Å². The molecule has 1 unspecified atom stereocenters. The van der Waals surface area contributed by atoms with Crippen molar-refractivity contribution in [2.75, 3.05) is 6.54 Å². The minimum atomic E-state index is -4.47. The molecule has 5 nitrogen and oxygen atoms in total. The van der Waals surface area contributed by atoms with Crippen LogP contribution in [0.2, 0.25) is 0 Å². The number of aromatic nitrogens is 2. The van der Waals surface area contributed by atoms with Gasteiger partial charge in [0.1, 0.15) is 5.82 Å². The lowest BCUT2D eigenvalue weighted by atomic mass is 10.1. The molecular formula is C22H21F4N3O2. The highest BCUT2D eigenvalue weighted by atomic mass is 19.4. The van der Waals surface area contributed by atoms with Crippen molar-refractivity contribution in [1.82, 2.24) is 15.1 Å². The Balaban J connectivity index is 1.71. The van der Waals surface area contributed by atoms with Crippen molar-refractivity contribution in [3.63, 3.8) is 0 Å². The summed E-state index contributed by atoms with van der Waals surface area (Å²) in [5, 5.41) is 17.0. The van der Waals surface area contributed by atoms with Gasteiger partial charge in [-0.25, -0.2) is 9.07 Å². The Bertz CT molecular complexity index is 1080. The molecule has 9 heteroatoms. The molecule has 3 rings (SSSR count). The third-order valence-electron chi connectivity index (χ3n) is 4.94. The van der Waals surface area contributed by atoms with Crippen LogP contribution in [0, 0.1) is 19.7 Å². The maximum atomic E-state index is 13.0. The van der Waals surface area contributed by atoms with Gasteiger partial charge in [-0.05, 0) is 49.7 Å². The topological polar surface area (TPSA) is 67.2 Å². The quantitative estimate of drug-likeness (QED) is 0.575. The first kappa shape index (κ1) is 22.5. The number of alkyl halides is 3. The number of nitrogens with zero attached hydrogens (tertiary/aromatic N) is 2. The number of nitrogens with one attached hydrogen (secondary N) is 1. The first-order valence-corrected chi connectivity index (χ1v) is 9.49. The van der Waals surface area contributed by atoms with Gasteiger partial charge in [-0.15, -0.1) is 0 Å². The SMILES string of the molecule is Cc1nn(-c2cccc(C(F)(F)F)c2)c(C)c1CC(=O)NCC(O)c1ccc(F)cc1. The molecule has 0 spiro atoms. The number of aryl methyl sites for hydroxylation is 1. The fourth-order valence-corrected chi connectivity index (χ4v) is 3.23. The summed E-state index contributed by atoms with van der Waals surface area (Å²) in [6, 6.07) is 10.1. The number of aliphatic hydroxyl groups excluding tert-OH is 1. The number of carbonyl (C=O) groups is 1. The standard InChI is InChI=1S/C22H21F4N3O2/c1-13-19(11-21(31)27-12-20(30)15-6-8-17(23)9-7-15)14(2)29(28-13)18-5-3-4-16(10-18)22(24,25)26/h3-10,20,30H,11-12H2,1-2H3,(H,27,31). The van der Waals surface area contributed by atoms with Crippen molar-refractivity contribution < 1.29 is 27.5 Å². The van der Waals surface area contributed by atoms with Crippen molar-refractivity contribution >= 4 is 5.91 Å². The Morgan fingerprint density at radius 1 is 1.16 bits per heavy atom.